The van der Waals surface area contributed by atoms with Gasteiger partial charge in [-0.2, -0.15) is 0 Å². The number of nitrogens with one attached hydrogen (secondary N) is 1. The summed E-state index contributed by atoms with van der Waals surface area (Å²) in [6, 6.07) is 15.7. The van der Waals surface area contributed by atoms with Gasteiger partial charge in [0.25, 0.3) is 0 Å². The van der Waals surface area contributed by atoms with Crippen LogP contribution in [0.3, 0.4) is 0 Å². The van der Waals surface area contributed by atoms with Crippen LogP contribution in [0.25, 0.3) is 0 Å². The molecule has 2 rings (SSSR count). The summed E-state index contributed by atoms with van der Waals surface area (Å²) in [4.78, 5) is 11.4. The Morgan fingerprint density at radius 2 is 1.85 bits per heavy atom. The molecule has 0 unspecified atom stereocenters. The van der Waals surface area contributed by atoms with Crippen molar-refractivity contribution < 1.29 is 4.79 Å². The molecule has 4 heteroatoms. The van der Waals surface area contributed by atoms with Crippen molar-refractivity contribution >= 4 is 21.8 Å². The predicted molar refractivity (Wildman–Crippen MR) is 84.4 cm³/mol. The maximum Gasteiger partial charge on any atom is 0.249 e. The molecular weight excluding hydrogens is 316 g/mol. The van der Waals surface area contributed by atoms with Crippen LogP contribution in [0.2, 0.25) is 0 Å². The summed E-state index contributed by atoms with van der Waals surface area (Å²) in [7, 11) is 0. The molecule has 1 amide bonds. The van der Waals surface area contributed by atoms with Crippen molar-refractivity contribution in [3.05, 3.63) is 69.7 Å². The third-order valence-electron chi connectivity index (χ3n) is 3.25. The van der Waals surface area contributed by atoms with Gasteiger partial charge in [-0.25, -0.2) is 0 Å². The number of carbonyl (C=O) groups is 1. The number of carbonyl (C=O) groups excluding carboxylic acids is 1. The average molecular weight is 333 g/mol. The van der Waals surface area contributed by atoms with Gasteiger partial charge in [-0.05, 0) is 30.2 Å². The highest BCUT2D eigenvalue weighted by Gasteiger charge is 2.11. The smallest absolute Gasteiger partial charge is 0.249 e. The molecule has 0 aliphatic carbocycles. The highest BCUT2D eigenvalue weighted by atomic mass is 79.9. The van der Waals surface area contributed by atoms with Crippen molar-refractivity contribution in [3.63, 3.8) is 0 Å². The first kappa shape index (κ1) is 14.8. The van der Waals surface area contributed by atoms with E-state index in [1.807, 2.05) is 36.4 Å². The van der Waals surface area contributed by atoms with E-state index in [-0.39, 0.29) is 6.04 Å². The summed E-state index contributed by atoms with van der Waals surface area (Å²) in [6.07, 6.45) is 0. The van der Waals surface area contributed by atoms with Gasteiger partial charge >= 0.3 is 0 Å². The fourth-order valence-corrected chi connectivity index (χ4v) is 2.74. The van der Waals surface area contributed by atoms with E-state index in [1.165, 1.54) is 5.56 Å². The number of hydrogen-bond acceptors (Lipinski definition) is 2. The molecule has 2 aromatic carbocycles. The maximum atomic E-state index is 11.4. The molecule has 0 aliphatic rings. The number of rotatable bonds is 5. The van der Waals surface area contributed by atoms with E-state index in [9.17, 15) is 4.79 Å². The standard InChI is InChI=1S/C16H17BrN2O/c1-11(13-7-4-5-9-15(13)17)19-10-12-6-2-3-8-14(12)16(18)20/h2-9,11,19H,10H2,1H3,(H2,18,20)/t11-/m0/s1. The van der Waals surface area contributed by atoms with Gasteiger partial charge < -0.3 is 11.1 Å². The Morgan fingerprint density at radius 1 is 1.20 bits per heavy atom. The zero-order valence-electron chi connectivity index (χ0n) is 11.3. The number of benzene rings is 2. The third-order valence-corrected chi connectivity index (χ3v) is 3.98. The molecule has 20 heavy (non-hydrogen) atoms. The third kappa shape index (κ3) is 3.46. The molecule has 3 N–H and O–H groups in total. The Hall–Kier alpha value is -1.65. The van der Waals surface area contributed by atoms with Crippen molar-refractivity contribution in [2.75, 3.05) is 0 Å². The van der Waals surface area contributed by atoms with Crippen LogP contribution in [0.5, 0.6) is 0 Å². The van der Waals surface area contributed by atoms with Gasteiger partial charge in [0.1, 0.15) is 0 Å². The van der Waals surface area contributed by atoms with Crippen LogP contribution in [-0.2, 0) is 6.54 Å². The number of halogens is 1. The van der Waals surface area contributed by atoms with E-state index in [0.717, 1.165) is 10.0 Å². The van der Waals surface area contributed by atoms with Crippen LogP contribution < -0.4 is 11.1 Å². The molecule has 0 aromatic heterocycles. The van der Waals surface area contributed by atoms with E-state index < -0.39 is 5.91 Å². The van der Waals surface area contributed by atoms with Gasteiger partial charge in [-0.3, -0.25) is 4.79 Å². The van der Waals surface area contributed by atoms with Crippen LogP contribution in [0.4, 0.5) is 0 Å². The lowest BCUT2D eigenvalue weighted by atomic mass is 10.1. The van der Waals surface area contributed by atoms with Crippen molar-refractivity contribution in [1.29, 1.82) is 0 Å². The first-order valence-corrected chi connectivity index (χ1v) is 7.24. The molecule has 0 saturated carbocycles. The monoisotopic (exact) mass is 332 g/mol. The molecule has 3 nitrogen and oxygen atoms in total. The fraction of sp³-hybridized carbons (Fsp3) is 0.188. The number of amides is 1. The number of nitrogens with two attached hydrogens (primary N) is 1. The molecule has 1 atom stereocenters. The minimum Gasteiger partial charge on any atom is -0.366 e. The highest BCUT2D eigenvalue weighted by molar-refractivity contribution is 9.10. The highest BCUT2D eigenvalue weighted by Crippen LogP contribution is 2.23. The fourth-order valence-electron chi connectivity index (χ4n) is 2.11. The van der Waals surface area contributed by atoms with Crippen molar-refractivity contribution in [2.45, 2.75) is 19.5 Å². The first-order valence-electron chi connectivity index (χ1n) is 6.45. The minimum absolute atomic E-state index is 0.173. The summed E-state index contributed by atoms with van der Waals surface area (Å²) < 4.78 is 1.07. The largest absolute Gasteiger partial charge is 0.366 e. The van der Waals surface area contributed by atoms with Gasteiger partial charge in [0, 0.05) is 22.6 Å². The van der Waals surface area contributed by atoms with Gasteiger partial charge in [-0.15, -0.1) is 0 Å². The number of primary amides is 1. The second-order valence-corrected chi connectivity index (χ2v) is 5.50. The topological polar surface area (TPSA) is 55.1 Å². The molecule has 2 aromatic rings. The minimum atomic E-state index is -0.393. The molecule has 0 spiro atoms. The Kier molecular flexibility index (Phi) is 4.93. The zero-order chi connectivity index (χ0) is 14.5. The van der Waals surface area contributed by atoms with Crippen molar-refractivity contribution in [1.82, 2.24) is 5.32 Å². The van der Waals surface area contributed by atoms with E-state index >= 15 is 0 Å². The summed E-state index contributed by atoms with van der Waals surface area (Å²) in [6.45, 7) is 2.69. The van der Waals surface area contributed by atoms with E-state index in [2.05, 4.69) is 34.2 Å². The van der Waals surface area contributed by atoms with E-state index in [4.69, 9.17) is 5.73 Å². The Labute approximate surface area is 127 Å². The Balaban J connectivity index is 2.10. The van der Waals surface area contributed by atoms with Gasteiger partial charge in [0.05, 0.1) is 0 Å². The zero-order valence-corrected chi connectivity index (χ0v) is 12.9. The molecule has 0 fully saturated rings. The first-order chi connectivity index (χ1) is 9.59. The SMILES string of the molecule is C[C@H](NCc1ccccc1C(N)=O)c1ccccc1Br. The average Bonchev–Trinajstić information content (AvgIpc) is 2.45. The maximum absolute atomic E-state index is 11.4. The second kappa shape index (κ2) is 6.68. The summed E-state index contributed by atoms with van der Waals surface area (Å²) >= 11 is 3.55. The molecule has 104 valence electrons. The normalized spacial score (nSPS) is 12.1. The summed E-state index contributed by atoms with van der Waals surface area (Å²) in [5.74, 6) is -0.393. The predicted octanol–water partition coefficient (Wildman–Crippen LogP) is 3.40. The molecule has 0 saturated heterocycles. The van der Waals surface area contributed by atoms with Crippen LogP contribution >= 0.6 is 15.9 Å². The lowest BCUT2D eigenvalue weighted by Gasteiger charge is -2.16. The molecule has 0 aliphatic heterocycles. The van der Waals surface area contributed by atoms with Crippen LogP contribution in [0.15, 0.2) is 53.0 Å². The van der Waals surface area contributed by atoms with Gasteiger partial charge in [-0.1, -0.05) is 52.3 Å². The van der Waals surface area contributed by atoms with Crippen molar-refractivity contribution in [2.24, 2.45) is 5.73 Å². The van der Waals surface area contributed by atoms with Crippen LogP contribution in [0.1, 0.15) is 34.5 Å². The van der Waals surface area contributed by atoms with Gasteiger partial charge in [0.15, 0.2) is 0 Å². The van der Waals surface area contributed by atoms with E-state index in [1.54, 1.807) is 6.07 Å². The summed E-state index contributed by atoms with van der Waals surface area (Å²) in [5, 5.41) is 3.41. The number of hydrogen-bond donors (Lipinski definition) is 2. The second-order valence-electron chi connectivity index (χ2n) is 4.65. The molecule has 0 bridgehead atoms. The molecule has 0 heterocycles. The van der Waals surface area contributed by atoms with Gasteiger partial charge in [0.2, 0.25) is 5.91 Å². The lowest BCUT2D eigenvalue weighted by Crippen LogP contribution is -2.21. The Bertz CT molecular complexity index is 613. The van der Waals surface area contributed by atoms with Crippen LogP contribution in [0, 0.1) is 0 Å². The van der Waals surface area contributed by atoms with Crippen molar-refractivity contribution in [3.8, 4) is 0 Å². The quantitative estimate of drug-likeness (QED) is 0.881. The molecular formula is C16H17BrN2O. The molecule has 0 radical (unpaired) electrons. The van der Waals surface area contributed by atoms with E-state index in [0.29, 0.717) is 12.1 Å². The Morgan fingerprint density at radius 3 is 2.55 bits per heavy atom. The van der Waals surface area contributed by atoms with Crippen LogP contribution in [-0.4, -0.2) is 5.91 Å². The lowest BCUT2D eigenvalue weighted by molar-refractivity contribution is 0.0999. The summed E-state index contributed by atoms with van der Waals surface area (Å²) in [5.41, 5.74) is 8.05.